The Morgan fingerprint density at radius 3 is 2.50 bits per heavy atom. The second kappa shape index (κ2) is 12.7. The van der Waals surface area contributed by atoms with E-state index in [9.17, 15) is 4.79 Å². The number of ether oxygens (including phenoxy) is 1. The van der Waals surface area contributed by atoms with Crippen molar-refractivity contribution in [3.05, 3.63) is 11.6 Å². The fraction of sp³-hybridized carbons (Fsp3) is 0.909. The molecule has 0 aromatic carbocycles. The summed E-state index contributed by atoms with van der Waals surface area (Å²) in [6.07, 6.45) is 26.1. The summed E-state index contributed by atoms with van der Waals surface area (Å²) in [5, 5.41) is 0. The smallest absolute Gasteiger partial charge is 0.320 e. The largest absolute Gasteiger partial charge is 0.461 e. The van der Waals surface area contributed by atoms with Crippen LogP contribution in [0.5, 0.6) is 0 Å². The van der Waals surface area contributed by atoms with Gasteiger partial charge in [0.15, 0.2) is 0 Å². The highest BCUT2D eigenvalue weighted by Gasteiger charge is 2.58. The van der Waals surface area contributed by atoms with Gasteiger partial charge >= 0.3 is 5.97 Å². The zero-order valence-electron chi connectivity index (χ0n) is 24.0. The molecule has 4 aliphatic carbocycles. The summed E-state index contributed by atoms with van der Waals surface area (Å²) in [6.45, 7) is 9.75. The van der Waals surface area contributed by atoms with Crippen LogP contribution < -0.4 is 0 Å². The van der Waals surface area contributed by atoms with Gasteiger partial charge < -0.3 is 4.74 Å². The Balaban J connectivity index is 1.34. The average Bonchev–Trinajstić information content (AvgIpc) is 3.21. The molecule has 3 fully saturated rings. The minimum absolute atomic E-state index is 0.0397. The van der Waals surface area contributed by atoms with Crippen LogP contribution in [0, 0.1) is 34.5 Å². The molecule has 4 aliphatic rings. The van der Waals surface area contributed by atoms with E-state index < -0.39 is 0 Å². The molecular formula is C33H55BrO2. The molecule has 0 N–H and O–H groups in total. The third-order valence-corrected chi connectivity index (χ3v) is 12.3. The lowest BCUT2D eigenvalue weighted by Crippen LogP contribution is -2.50. The van der Waals surface area contributed by atoms with Gasteiger partial charge in [-0.1, -0.05) is 107 Å². The Morgan fingerprint density at radius 1 is 0.972 bits per heavy atom. The van der Waals surface area contributed by atoms with Gasteiger partial charge in [0, 0.05) is 6.42 Å². The number of alkyl halides is 1. The summed E-state index contributed by atoms with van der Waals surface area (Å²) >= 11 is 3.57. The number of hydrogen-bond acceptors (Lipinski definition) is 2. The van der Waals surface area contributed by atoms with Crippen molar-refractivity contribution in [3.8, 4) is 0 Å². The summed E-state index contributed by atoms with van der Waals surface area (Å²) in [4.78, 5) is 12.5. The van der Waals surface area contributed by atoms with Crippen molar-refractivity contribution in [2.24, 2.45) is 34.5 Å². The lowest BCUT2D eigenvalue weighted by Gasteiger charge is -2.58. The maximum atomic E-state index is 12.6. The normalized spacial score (nSPS) is 38.5. The van der Waals surface area contributed by atoms with Gasteiger partial charge in [-0.3, -0.25) is 4.79 Å². The van der Waals surface area contributed by atoms with Gasteiger partial charge in [0.05, 0.1) is 0 Å². The molecule has 0 radical (unpaired) electrons. The van der Waals surface area contributed by atoms with Crippen LogP contribution in [0.4, 0.5) is 0 Å². The summed E-state index contributed by atoms with van der Waals surface area (Å²) < 4.78 is 6.02. The van der Waals surface area contributed by atoms with E-state index in [1.54, 1.807) is 5.57 Å². The van der Waals surface area contributed by atoms with Crippen LogP contribution in [0.3, 0.4) is 0 Å². The Morgan fingerprint density at radius 2 is 1.72 bits per heavy atom. The summed E-state index contributed by atoms with van der Waals surface area (Å²) in [6, 6.07) is 0. The van der Waals surface area contributed by atoms with E-state index in [0.717, 1.165) is 55.8 Å². The minimum Gasteiger partial charge on any atom is -0.461 e. The molecule has 0 aliphatic heterocycles. The monoisotopic (exact) mass is 562 g/mol. The topological polar surface area (TPSA) is 26.3 Å². The van der Waals surface area contributed by atoms with Crippen molar-refractivity contribution in [2.45, 2.75) is 154 Å². The molecule has 4 rings (SSSR count). The highest BCUT2D eigenvalue weighted by atomic mass is 79.9. The number of allylic oxidation sites excluding steroid dienone is 1. The molecule has 3 heteroatoms. The number of carbonyl (C=O) groups excluding carboxylic acids is 1. The van der Waals surface area contributed by atoms with E-state index in [1.165, 1.54) is 83.5 Å². The van der Waals surface area contributed by atoms with E-state index in [-0.39, 0.29) is 16.9 Å². The molecule has 0 saturated heterocycles. The molecule has 0 aromatic heterocycles. The molecule has 0 bridgehead atoms. The Labute approximate surface area is 231 Å². The standard InChI is InChI=1S/C33H55BrO2/c1-5-7-9-10-11-12-13-24-16-18-28-27-17-15-25-23-26(36-31(35)30(34)14-8-6-2)19-21-33(25,4)29(27)20-22-32(24,28)3/h15,24,26-30H,5-14,16-23H2,1-4H3/t24-,26-,27+,28+,29+,30+,32+,33-/m0/s1. The van der Waals surface area contributed by atoms with Crippen LogP contribution in [0.2, 0.25) is 0 Å². The van der Waals surface area contributed by atoms with E-state index in [1.807, 2.05) is 0 Å². The number of halogens is 1. The minimum atomic E-state index is -0.141. The van der Waals surface area contributed by atoms with Crippen LogP contribution in [-0.4, -0.2) is 16.9 Å². The first-order valence-electron chi connectivity index (χ1n) is 15.9. The first-order valence-corrected chi connectivity index (χ1v) is 16.8. The van der Waals surface area contributed by atoms with Crippen LogP contribution in [0.15, 0.2) is 11.6 Å². The number of hydrogen-bond donors (Lipinski definition) is 0. The molecule has 2 nitrogen and oxygen atoms in total. The third kappa shape index (κ3) is 5.96. The summed E-state index contributed by atoms with van der Waals surface area (Å²) in [5.41, 5.74) is 2.54. The molecule has 0 aromatic rings. The van der Waals surface area contributed by atoms with Gasteiger partial charge in [-0.2, -0.15) is 0 Å². The van der Waals surface area contributed by atoms with E-state index >= 15 is 0 Å². The van der Waals surface area contributed by atoms with Crippen LogP contribution >= 0.6 is 15.9 Å². The van der Waals surface area contributed by atoms with Crippen molar-refractivity contribution in [3.63, 3.8) is 0 Å². The number of esters is 1. The van der Waals surface area contributed by atoms with Crippen molar-refractivity contribution < 1.29 is 9.53 Å². The number of unbranched alkanes of at least 4 members (excludes halogenated alkanes) is 6. The second-order valence-corrected chi connectivity index (χ2v) is 14.7. The first kappa shape index (κ1) is 28.7. The summed E-state index contributed by atoms with van der Waals surface area (Å²) in [5.74, 6) is 3.58. The maximum absolute atomic E-state index is 12.6. The molecule has 206 valence electrons. The zero-order valence-corrected chi connectivity index (χ0v) is 25.5. The Kier molecular flexibility index (Phi) is 10.1. The molecule has 0 spiro atoms. The highest BCUT2D eigenvalue weighted by molar-refractivity contribution is 9.10. The van der Waals surface area contributed by atoms with Crippen molar-refractivity contribution in [1.29, 1.82) is 0 Å². The molecular weight excluding hydrogens is 508 g/mol. The fourth-order valence-electron chi connectivity index (χ4n) is 9.22. The van der Waals surface area contributed by atoms with Crippen LogP contribution in [0.1, 0.15) is 143 Å². The lowest BCUT2D eigenvalue weighted by molar-refractivity contribution is -0.150. The number of fused-ring (bicyclic) bond motifs is 5. The Hall–Kier alpha value is -0.310. The van der Waals surface area contributed by atoms with Crippen LogP contribution in [0.25, 0.3) is 0 Å². The number of carbonyl (C=O) groups is 1. The predicted octanol–water partition coefficient (Wildman–Crippen LogP) is 10.2. The molecule has 8 atom stereocenters. The first-order chi connectivity index (χ1) is 17.3. The molecule has 3 saturated carbocycles. The SMILES string of the molecule is CCCCCCCC[C@H]1CC[C@@H]2[C@H]3CC=C4C[C@@H](OC(=O)[C@H](Br)CCCC)CC[C@]4(C)[C@@H]3CC[C@]12C. The summed E-state index contributed by atoms with van der Waals surface area (Å²) in [7, 11) is 0. The van der Waals surface area contributed by atoms with E-state index in [0.29, 0.717) is 10.8 Å². The van der Waals surface area contributed by atoms with E-state index in [4.69, 9.17) is 4.74 Å². The predicted molar refractivity (Wildman–Crippen MR) is 155 cm³/mol. The number of rotatable bonds is 12. The van der Waals surface area contributed by atoms with E-state index in [2.05, 4.69) is 49.7 Å². The molecule has 0 amide bonds. The lowest BCUT2D eigenvalue weighted by atomic mass is 9.47. The fourth-order valence-corrected chi connectivity index (χ4v) is 9.65. The van der Waals surface area contributed by atoms with Gasteiger partial charge in [-0.05, 0) is 92.3 Å². The second-order valence-electron chi connectivity index (χ2n) is 13.5. The van der Waals surface area contributed by atoms with Gasteiger partial charge in [0.2, 0.25) is 0 Å². The average molecular weight is 564 g/mol. The highest BCUT2D eigenvalue weighted by Crippen LogP contribution is 2.66. The van der Waals surface area contributed by atoms with Crippen molar-refractivity contribution in [2.75, 3.05) is 0 Å². The van der Waals surface area contributed by atoms with Crippen molar-refractivity contribution >= 4 is 21.9 Å². The quantitative estimate of drug-likeness (QED) is 0.102. The van der Waals surface area contributed by atoms with Gasteiger partial charge in [-0.15, -0.1) is 0 Å². The van der Waals surface area contributed by atoms with Crippen molar-refractivity contribution in [1.82, 2.24) is 0 Å². The molecule has 0 unspecified atom stereocenters. The molecule has 0 heterocycles. The van der Waals surface area contributed by atoms with Gasteiger partial charge in [-0.25, -0.2) is 0 Å². The van der Waals surface area contributed by atoms with Crippen LogP contribution in [-0.2, 0) is 9.53 Å². The maximum Gasteiger partial charge on any atom is 0.320 e. The molecule has 36 heavy (non-hydrogen) atoms. The zero-order chi connectivity index (χ0) is 25.8. The third-order valence-electron chi connectivity index (χ3n) is 11.5. The van der Waals surface area contributed by atoms with Gasteiger partial charge in [0.1, 0.15) is 10.9 Å². The van der Waals surface area contributed by atoms with Gasteiger partial charge in [0.25, 0.3) is 0 Å². The Bertz CT molecular complexity index is 761.